The first-order valence-electron chi connectivity index (χ1n) is 9.14. The van der Waals surface area contributed by atoms with Crippen LogP contribution < -0.4 is 5.32 Å². The second-order valence-corrected chi connectivity index (χ2v) is 8.16. The molecule has 4 nitrogen and oxygen atoms in total. The van der Waals surface area contributed by atoms with Crippen molar-refractivity contribution in [1.29, 1.82) is 0 Å². The van der Waals surface area contributed by atoms with Crippen LogP contribution >= 0.6 is 22.9 Å². The topological polar surface area (TPSA) is 41.6 Å². The molecule has 1 aliphatic rings. The maximum atomic E-state index is 13.4. The molecule has 0 radical (unpaired) electrons. The summed E-state index contributed by atoms with van der Waals surface area (Å²) in [6.07, 6.45) is 0. The lowest BCUT2D eigenvalue weighted by Crippen LogP contribution is -2.36. The van der Waals surface area contributed by atoms with Gasteiger partial charge in [-0.2, -0.15) is 0 Å². The zero-order valence-corrected chi connectivity index (χ0v) is 16.8. The highest BCUT2D eigenvalue weighted by atomic mass is 35.5. The fourth-order valence-electron chi connectivity index (χ4n) is 3.33. The molecular formula is C21H20ClFN2O2S. The molecule has 0 aliphatic carbocycles. The number of benzene rings is 2. The normalized spacial score (nSPS) is 15.1. The molecule has 2 heterocycles. The summed E-state index contributed by atoms with van der Waals surface area (Å²) in [4.78, 5) is 15.4. The number of fused-ring (bicyclic) bond motifs is 1. The highest BCUT2D eigenvalue weighted by Crippen LogP contribution is 2.35. The number of rotatable bonds is 5. The number of nitrogens with zero attached hydrogens (tertiary/aromatic N) is 1. The third-order valence-corrected chi connectivity index (χ3v) is 6.51. The number of nitrogens with one attached hydrogen (secondary N) is 1. The summed E-state index contributed by atoms with van der Waals surface area (Å²) in [5.41, 5.74) is 2.26. The molecule has 1 aromatic heterocycles. The van der Waals surface area contributed by atoms with Crippen molar-refractivity contribution in [2.24, 2.45) is 0 Å². The van der Waals surface area contributed by atoms with Gasteiger partial charge in [0, 0.05) is 36.3 Å². The Labute approximate surface area is 171 Å². The van der Waals surface area contributed by atoms with E-state index in [0.717, 1.165) is 38.4 Å². The van der Waals surface area contributed by atoms with Gasteiger partial charge >= 0.3 is 0 Å². The van der Waals surface area contributed by atoms with Gasteiger partial charge in [-0.25, -0.2) is 4.39 Å². The molecule has 28 heavy (non-hydrogen) atoms. The summed E-state index contributed by atoms with van der Waals surface area (Å²) in [5.74, 6) is -0.581. The molecule has 2 aromatic carbocycles. The Hall–Kier alpha value is -1.99. The molecule has 0 spiro atoms. The lowest BCUT2D eigenvalue weighted by Gasteiger charge is -2.27. The smallest absolute Gasteiger partial charge is 0.263 e. The standard InChI is InChI=1S/C21H20ClFN2O2S/c22-19-17-6-5-16(23)11-18(17)28-20(19)21(26)24-12-14-3-1-2-4-15(14)13-25-7-9-27-10-8-25/h1-6,11H,7-10,12-13H2,(H,24,26). The lowest BCUT2D eigenvalue weighted by molar-refractivity contribution is 0.0340. The number of amides is 1. The molecule has 1 fully saturated rings. The Morgan fingerprint density at radius 3 is 2.71 bits per heavy atom. The van der Waals surface area contributed by atoms with E-state index in [-0.39, 0.29) is 11.7 Å². The minimum absolute atomic E-state index is 0.243. The van der Waals surface area contributed by atoms with E-state index in [2.05, 4.69) is 16.3 Å². The first-order chi connectivity index (χ1) is 13.6. The van der Waals surface area contributed by atoms with Crippen LogP contribution in [0.5, 0.6) is 0 Å². The van der Waals surface area contributed by atoms with Gasteiger partial charge in [-0.1, -0.05) is 35.9 Å². The number of thiophene rings is 1. The molecule has 0 atom stereocenters. The van der Waals surface area contributed by atoms with Crippen molar-refractivity contribution >= 4 is 38.9 Å². The zero-order valence-electron chi connectivity index (χ0n) is 15.2. The van der Waals surface area contributed by atoms with E-state index in [4.69, 9.17) is 16.3 Å². The van der Waals surface area contributed by atoms with E-state index in [1.54, 1.807) is 6.07 Å². The van der Waals surface area contributed by atoms with Crippen LogP contribution in [-0.4, -0.2) is 37.1 Å². The van der Waals surface area contributed by atoms with Gasteiger partial charge in [-0.05, 0) is 29.3 Å². The van der Waals surface area contributed by atoms with Gasteiger partial charge in [0.25, 0.3) is 5.91 Å². The van der Waals surface area contributed by atoms with Crippen LogP contribution in [0, 0.1) is 5.82 Å². The zero-order chi connectivity index (χ0) is 19.5. The number of carbonyl (C=O) groups is 1. The first kappa shape index (κ1) is 19.3. The third-order valence-electron chi connectivity index (χ3n) is 4.85. The molecule has 1 amide bonds. The van der Waals surface area contributed by atoms with Crippen LogP contribution in [0.15, 0.2) is 42.5 Å². The average Bonchev–Trinajstić information content (AvgIpc) is 3.03. The summed E-state index contributed by atoms with van der Waals surface area (Å²) in [5, 5.41) is 4.03. The van der Waals surface area contributed by atoms with Crippen LogP contribution in [0.2, 0.25) is 5.02 Å². The van der Waals surface area contributed by atoms with Gasteiger partial charge in [0.1, 0.15) is 10.7 Å². The lowest BCUT2D eigenvalue weighted by atomic mass is 10.1. The van der Waals surface area contributed by atoms with E-state index >= 15 is 0 Å². The average molecular weight is 419 g/mol. The molecule has 1 aliphatic heterocycles. The summed E-state index contributed by atoms with van der Waals surface area (Å²) in [7, 11) is 0. The Morgan fingerprint density at radius 1 is 1.18 bits per heavy atom. The number of carbonyl (C=O) groups excluding carboxylic acids is 1. The van der Waals surface area contributed by atoms with Crippen LogP contribution in [0.25, 0.3) is 10.1 Å². The van der Waals surface area contributed by atoms with E-state index in [0.29, 0.717) is 26.5 Å². The van der Waals surface area contributed by atoms with E-state index in [9.17, 15) is 9.18 Å². The third kappa shape index (κ3) is 4.20. The fourth-order valence-corrected chi connectivity index (χ4v) is 4.78. The minimum Gasteiger partial charge on any atom is -0.379 e. The predicted molar refractivity (Wildman–Crippen MR) is 111 cm³/mol. The van der Waals surface area contributed by atoms with Crippen molar-refractivity contribution in [1.82, 2.24) is 10.2 Å². The summed E-state index contributed by atoms with van der Waals surface area (Å²) in [6.45, 7) is 4.58. The SMILES string of the molecule is O=C(NCc1ccccc1CN1CCOCC1)c1sc2cc(F)ccc2c1Cl. The summed E-state index contributed by atoms with van der Waals surface area (Å²) >= 11 is 7.56. The Morgan fingerprint density at radius 2 is 1.93 bits per heavy atom. The van der Waals surface area contributed by atoms with E-state index in [1.165, 1.54) is 29.0 Å². The molecule has 3 aromatic rings. The Bertz CT molecular complexity index is 1000. The molecule has 4 rings (SSSR count). The largest absolute Gasteiger partial charge is 0.379 e. The number of halogens is 2. The molecule has 0 unspecified atom stereocenters. The van der Waals surface area contributed by atoms with Gasteiger partial charge in [0.05, 0.1) is 18.2 Å². The van der Waals surface area contributed by atoms with Gasteiger partial charge in [-0.3, -0.25) is 9.69 Å². The first-order valence-corrected chi connectivity index (χ1v) is 10.3. The molecular weight excluding hydrogens is 399 g/mol. The van der Waals surface area contributed by atoms with Gasteiger partial charge in [0.15, 0.2) is 0 Å². The van der Waals surface area contributed by atoms with Crippen molar-refractivity contribution in [3.05, 3.63) is 69.3 Å². The van der Waals surface area contributed by atoms with Gasteiger partial charge in [-0.15, -0.1) is 11.3 Å². The summed E-state index contributed by atoms with van der Waals surface area (Å²) < 4.78 is 19.5. The fraction of sp³-hybridized carbons (Fsp3) is 0.286. The number of ether oxygens (including phenoxy) is 1. The van der Waals surface area contributed by atoms with Crippen molar-refractivity contribution in [3.8, 4) is 0 Å². The Kier molecular flexibility index (Phi) is 5.92. The molecule has 146 valence electrons. The van der Waals surface area contributed by atoms with E-state index in [1.807, 2.05) is 18.2 Å². The van der Waals surface area contributed by atoms with E-state index < -0.39 is 0 Å². The number of hydrogen-bond acceptors (Lipinski definition) is 4. The maximum Gasteiger partial charge on any atom is 0.263 e. The quantitative estimate of drug-likeness (QED) is 0.665. The second kappa shape index (κ2) is 8.57. The van der Waals surface area contributed by atoms with Crippen molar-refractivity contribution in [2.45, 2.75) is 13.1 Å². The number of hydrogen-bond donors (Lipinski definition) is 1. The molecule has 0 bridgehead atoms. The van der Waals surface area contributed by atoms with Crippen molar-refractivity contribution in [2.75, 3.05) is 26.3 Å². The van der Waals surface area contributed by atoms with Crippen molar-refractivity contribution in [3.63, 3.8) is 0 Å². The molecule has 7 heteroatoms. The van der Waals surface area contributed by atoms with Gasteiger partial charge in [0.2, 0.25) is 0 Å². The maximum absolute atomic E-state index is 13.4. The molecule has 1 saturated heterocycles. The summed E-state index contributed by atoms with van der Waals surface area (Å²) in [6, 6.07) is 12.5. The van der Waals surface area contributed by atoms with Gasteiger partial charge < -0.3 is 10.1 Å². The second-order valence-electron chi connectivity index (χ2n) is 6.73. The highest BCUT2D eigenvalue weighted by Gasteiger charge is 2.18. The van der Waals surface area contributed by atoms with Crippen molar-refractivity contribution < 1.29 is 13.9 Å². The highest BCUT2D eigenvalue weighted by molar-refractivity contribution is 7.21. The van der Waals surface area contributed by atoms with Crippen LogP contribution in [0.4, 0.5) is 4.39 Å². The molecule has 1 N–H and O–H groups in total. The van der Waals surface area contributed by atoms with Crippen LogP contribution in [0.1, 0.15) is 20.8 Å². The van der Waals surface area contributed by atoms with Crippen LogP contribution in [-0.2, 0) is 17.8 Å². The number of morpholine rings is 1. The Balaban J connectivity index is 1.47. The predicted octanol–water partition coefficient (Wildman–Crippen LogP) is 4.46. The minimum atomic E-state index is -0.339. The molecule has 0 saturated carbocycles. The van der Waals surface area contributed by atoms with Crippen LogP contribution in [0.3, 0.4) is 0 Å². The monoisotopic (exact) mass is 418 g/mol.